The summed E-state index contributed by atoms with van der Waals surface area (Å²) in [6, 6.07) is 31.5. The van der Waals surface area contributed by atoms with Crippen LogP contribution in [0.15, 0.2) is 121 Å². The molecule has 1 aliphatic rings. The second kappa shape index (κ2) is 14.2. The lowest BCUT2D eigenvalue weighted by Gasteiger charge is -2.41. The monoisotopic (exact) mass is 598 g/mol. The SMILES string of the molecule is O=C(OC[C@H]1O[C@@H](OC(=O)c2ccccc2)[C@H](OC(=O)c2ccccc2)[C@H](F)[C@@H]1OC(=O)c1ccccc1)c1ccccc1. The molecule has 0 radical (unpaired) electrons. The van der Waals surface area contributed by atoms with Gasteiger partial charge in [-0.15, -0.1) is 0 Å². The predicted octanol–water partition coefficient (Wildman–Crippen LogP) is 5.21. The summed E-state index contributed by atoms with van der Waals surface area (Å²) in [7, 11) is 0. The Morgan fingerprint density at radius 3 is 1.32 bits per heavy atom. The molecule has 5 atom stereocenters. The van der Waals surface area contributed by atoms with Crippen molar-refractivity contribution in [1.29, 1.82) is 0 Å². The maximum atomic E-state index is 16.5. The molecule has 0 saturated carbocycles. The highest BCUT2D eigenvalue weighted by atomic mass is 19.1. The molecule has 1 heterocycles. The molecule has 1 fully saturated rings. The van der Waals surface area contributed by atoms with Crippen molar-refractivity contribution in [1.82, 2.24) is 0 Å². The summed E-state index contributed by atoms with van der Waals surface area (Å²) in [5.74, 6) is -3.45. The number of hydrogen-bond acceptors (Lipinski definition) is 9. The molecule has 0 aromatic heterocycles. The Morgan fingerprint density at radius 1 is 0.523 bits per heavy atom. The average Bonchev–Trinajstić information content (AvgIpc) is 3.08. The number of carbonyl (C=O) groups excluding carboxylic acids is 4. The van der Waals surface area contributed by atoms with Crippen molar-refractivity contribution >= 4 is 23.9 Å². The summed E-state index contributed by atoms with van der Waals surface area (Å²) in [5, 5.41) is 0. The van der Waals surface area contributed by atoms with Crippen LogP contribution in [0.1, 0.15) is 41.4 Å². The third-order valence-corrected chi connectivity index (χ3v) is 6.70. The second-order valence-corrected chi connectivity index (χ2v) is 9.70. The summed E-state index contributed by atoms with van der Waals surface area (Å²) in [6.07, 6.45) is -9.10. The van der Waals surface area contributed by atoms with Gasteiger partial charge in [-0.3, -0.25) is 0 Å². The van der Waals surface area contributed by atoms with Crippen molar-refractivity contribution in [2.24, 2.45) is 0 Å². The zero-order valence-electron chi connectivity index (χ0n) is 23.2. The number of rotatable bonds is 9. The van der Waals surface area contributed by atoms with E-state index in [4.69, 9.17) is 23.7 Å². The molecule has 0 aliphatic carbocycles. The lowest BCUT2D eigenvalue weighted by molar-refractivity contribution is -0.272. The fourth-order valence-electron chi connectivity index (χ4n) is 4.45. The van der Waals surface area contributed by atoms with E-state index in [-0.39, 0.29) is 22.3 Å². The Hall–Kier alpha value is -5.35. The summed E-state index contributed by atoms with van der Waals surface area (Å²) >= 11 is 0. The Balaban J connectivity index is 1.44. The van der Waals surface area contributed by atoms with E-state index in [1.165, 1.54) is 48.5 Å². The van der Waals surface area contributed by atoms with Gasteiger partial charge >= 0.3 is 23.9 Å². The molecule has 0 unspecified atom stereocenters. The van der Waals surface area contributed by atoms with Gasteiger partial charge in [-0.05, 0) is 48.5 Å². The smallest absolute Gasteiger partial charge is 0.340 e. The van der Waals surface area contributed by atoms with Crippen LogP contribution >= 0.6 is 0 Å². The molecule has 10 heteroatoms. The zero-order chi connectivity index (χ0) is 30.9. The first-order valence-corrected chi connectivity index (χ1v) is 13.7. The fourth-order valence-corrected chi connectivity index (χ4v) is 4.45. The predicted molar refractivity (Wildman–Crippen MR) is 153 cm³/mol. The van der Waals surface area contributed by atoms with Crippen LogP contribution in [0.3, 0.4) is 0 Å². The standard InChI is InChI=1S/C34H27FO9/c35-27-28(42-31(37)23-15-7-2-8-16-23)26(21-40-30(36)22-13-5-1-6-14-22)41-34(44-33(39)25-19-11-4-12-20-25)29(27)43-32(38)24-17-9-3-10-18-24/h1-20,26-29,34H,21H2/t26-,27-,28-,29-,34+/m1/s1. The maximum Gasteiger partial charge on any atom is 0.340 e. The molecule has 4 aromatic rings. The van der Waals surface area contributed by atoms with Gasteiger partial charge in [0, 0.05) is 0 Å². The molecule has 1 aliphatic heterocycles. The van der Waals surface area contributed by atoms with Crippen molar-refractivity contribution in [3.8, 4) is 0 Å². The minimum absolute atomic E-state index is 0.101. The van der Waals surface area contributed by atoms with Crippen LogP contribution < -0.4 is 0 Å². The van der Waals surface area contributed by atoms with Crippen LogP contribution in [0, 0.1) is 0 Å². The molecule has 44 heavy (non-hydrogen) atoms. The molecule has 224 valence electrons. The molecule has 0 spiro atoms. The molecule has 1 saturated heterocycles. The number of ether oxygens (including phenoxy) is 5. The van der Waals surface area contributed by atoms with Crippen molar-refractivity contribution in [2.75, 3.05) is 6.61 Å². The van der Waals surface area contributed by atoms with Crippen LogP contribution in [0.4, 0.5) is 4.39 Å². The van der Waals surface area contributed by atoms with Crippen LogP contribution in [-0.4, -0.2) is 61.3 Å². The van der Waals surface area contributed by atoms with E-state index < -0.39 is 61.3 Å². The highest BCUT2D eigenvalue weighted by Crippen LogP contribution is 2.31. The van der Waals surface area contributed by atoms with Gasteiger partial charge in [0.15, 0.2) is 18.4 Å². The van der Waals surface area contributed by atoms with E-state index in [1.807, 2.05) is 0 Å². The van der Waals surface area contributed by atoms with Gasteiger partial charge in [-0.2, -0.15) is 0 Å². The summed E-state index contributed by atoms with van der Waals surface area (Å²) in [4.78, 5) is 51.7. The minimum atomic E-state index is -2.27. The first-order valence-electron chi connectivity index (χ1n) is 13.7. The molecule has 9 nitrogen and oxygen atoms in total. The number of alkyl halides is 1. The van der Waals surface area contributed by atoms with Crippen LogP contribution in [-0.2, 0) is 23.7 Å². The van der Waals surface area contributed by atoms with E-state index >= 15 is 4.39 Å². The molecule has 0 bridgehead atoms. The summed E-state index contributed by atoms with van der Waals surface area (Å²) in [6.45, 7) is -0.584. The summed E-state index contributed by atoms with van der Waals surface area (Å²) < 4.78 is 44.3. The molecule has 5 rings (SSSR count). The van der Waals surface area contributed by atoms with Crippen LogP contribution in [0.2, 0.25) is 0 Å². The maximum absolute atomic E-state index is 16.5. The highest BCUT2D eigenvalue weighted by molar-refractivity contribution is 5.91. The zero-order valence-corrected chi connectivity index (χ0v) is 23.2. The van der Waals surface area contributed by atoms with Gasteiger partial charge < -0.3 is 23.7 Å². The lowest BCUT2D eigenvalue weighted by Crippen LogP contribution is -2.60. The number of hydrogen-bond donors (Lipinski definition) is 0. The van der Waals surface area contributed by atoms with Crippen molar-refractivity contribution < 1.29 is 47.3 Å². The molecular formula is C34H27FO9. The van der Waals surface area contributed by atoms with Crippen molar-refractivity contribution in [3.63, 3.8) is 0 Å². The van der Waals surface area contributed by atoms with Gasteiger partial charge in [-0.25, -0.2) is 23.6 Å². The van der Waals surface area contributed by atoms with Crippen LogP contribution in [0.5, 0.6) is 0 Å². The quantitative estimate of drug-likeness (QED) is 0.189. The Bertz CT molecular complexity index is 1560. The van der Waals surface area contributed by atoms with Gasteiger partial charge in [0.2, 0.25) is 6.29 Å². The molecule has 0 N–H and O–H groups in total. The Morgan fingerprint density at radius 2 is 0.886 bits per heavy atom. The third-order valence-electron chi connectivity index (χ3n) is 6.70. The van der Waals surface area contributed by atoms with Crippen molar-refractivity contribution in [2.45, 2.75) is 30.8 Å². The minimum Gasteiger partial charge on any atom is -0.459 e. The van der Waals surface area contributed by atoms with Crippen molar-refractivity contribution in [3.05, 3.63) is 144 Å². The van der Waals surface area contributed by atoms with E-state index in [1.54, 1.807) is 72.8 Å². The fraction of sp³-hybridized carbons (Fsp3) is 0.176. The highest BCUT2D eigenvalue weighted by Gasteiger charge is 2.53. The Labute approximate surface area is 252 Å². The van der Waals surface area contributed by atoms with Crippen LogP contribution in [0.25, 0.3) is 0 Å². The number of esters is 4. The average molecular weight is 599 g/mol. The number of carbonyl (C=O) groups is 4. The van der Waals surface area contributed by atoms with Gasteiger partial charge in [0.05, 0.1) is 22.3 Å². The number of benzene rings is 4. The normalized spacial score (nSPS) is 21.0. The first-order chi connectivity index (χ1) is 21.4. The third kappa shape index (κ3) is 7.34. The topological polar surface area (TPSA) is 114 Å². The summed E-state index contributed by atoms with van der Waals surface area (Å²) in [5.41, 5.74) is 0.573. The molecular weight excluding hydrogens is 571 g/mol. The lowest BCUT2D eigenvalue weighted by atomic mass is 9.99. The largest absolute Gasteiger partial charge is 0.459 e. The Kier molecular flexibility index (Phi) is 9.73. The first kappa shape index (κ1) is 30.1. The second-order valence-electron chi connectivity index (χ2n) is 9.70. The van der Waals surface area contributed by atoms with E-state index in [9.17, 15) is 19.2 Å². The van der Waals surface area contributed by atoms with Gasteiger partial charge in [0.1, 0.15) is 12.7 Å². The van der Waals surface area contributed by atoms with Gasteiger partial charge in [-0.1, -0.05) is 72.8 Å². The van der Waals surface area contributed by atoms with E-state index in [0.717, 1.165) is 0 Å². The molecule has 0 amide bonds. The number of halogens is 1. The molecule has 4 aromatic carbocycles. The van der Waals surface area contributed by atoms with E-state index in [0.29, 0.717) is 0 Å². The van der Waals surface area contributed by atoms with Gasteiger partial charge in [0.25, 0.3) is 0 Å². The van der Waals surface area contributed by atoms with E-state index in [2.05, 4.69) is 0 Å².